The molecule has 0 saturated carbocycles. The number of aromatic nitrogens is 1. The van der Waals surface area contributed by atoms with E-state index in [1.807, 2.05) is 18.3 Å². The van der Waals surface area contributed by atoms with Crippen LogP contribution in [0.4, 0.5) is 0 Å². The van der Waals surface area contributed by atoms with E-state index >= 15 is 0 Å². The Bertz CT molecular complexity index is 596. The Hall–Kier alpha value is -1.87. The molecule has 3 heteroatoms. The van der Waals surface area contributed by atoms with Crippen LogP contribution in [-0.4, -0.2) is 18.6 Å². The molecule has 3 nitrogen and oxygen atoms in total. The molecule has 1 aromatic carbocycles. The largest absolute Gasteiger partial charge is 0.496 e. The Morgan fingerprint density at radius 2 is 2.00 bits per heavy atom. The normalized spacial score (nSPS) is 12.2. The van der Waals surface area contributed by atoms with Crippen LogP contribution in [0.2, 0.25) is 0 Å². The molecule has 1 unspecified atom stereocenters. The number of hydrogen-bond donors (Lipinski definition) is 1. The molecule has 0 spiro atoms. The van der Waals surface area contributed by atoms with Crippen LogP contribution < -0.4 is 10.1 Å². The van der Waals surface area contributed by atoms with E-state index in [0.717, 1.165) is 24.4 Å². The molecule has 1 heterocycles. The van der Waals surface area contributed by atoms with E-state index in [4.69, 9.17) is 4.74 Å². The van der Waals surface area contributed by atoms with Gasteiger partial charge in [-0.15, -0.1) is 0 Å². The van der Waals surface area contributed by atoms with Crippen molar-refractivity contribution in [1.29, 1.82) is 0 Å². The zero-order valence-electron chi connectivity index (χ0n) is 13.3. The van der Waals surface area contributed by atoms with Crippen LogP contribution in [0.25, 0.3) is 0 Å². The molecule has 0 aliphatic heterocycles. The van der Waals surface area contributed by atoms with Crippen molar-refractivity contribution in [3.63, 3.8) is 0 Å². The quantitative estimate of drug-likeness (QED) is 0.876. The monoisotopic (exact) mass is 284 g/mol. The first-order valence-corrected chi connectivity index (χ1v) is 7.46. The number of hydrogen-bond acceptors (Lipinski definition) is 3. The Kier molecular flexibility index (Phi) is 5.34. The van der Waals surface area contributed by atoms with Crippen LogP contribution in [-0.2, 0) is 0 Å². The van der Waals surface area contributed by atoms with Crippen LogP contribution in [0.15, 0.2) is 36.5 Å². The van der Waals surface area contributed by atoms with E-state index in [2.05, 4.69) is 49.3 Å². The molecule has 0 fully saturated rings. The molecule has 0 aliphatic carbocycles. The van der Waals surface area contributed by atoms with Crippen molar-refractivity contribution < 1.29 is 4.74 Å². The Morgan fingerprint density at radius 3 is 2.67 bits per heavy atom. The van der Waals surface area contributed by atoms with Gasteiger partial charge in [0.2, 0.25) is 0 Å². The van der Waals surface area contributed by atoms with Gasteiger partial charge in [0.15, 0.2) is 0 Å². The van der Waals surface area contributed by atoms with E-state index in [1.165, 1.54) is 16.7 Å². The molecule has 0 saturated heterocycles. The van der Waals surface area contributed by atoms with Gasteiger partial charge in [-0.1, -0.05) is 30.7 Å². The summed E-state index contributed by atoms with van der Waals surface area (Å²) in [6, 6.07) is 10.5. The zero-order valence-corrected chi connectivity index (χ0v) is 13.3. The van der Waals surface area contributed by atoms with Crippen molar-refractivity contribution >= 4 is 0 Å². The lowest BCUT2D eigenvalue weighted by molar-refractivity contribution is 0.403. The summed E-state index contributed by atoms with van der Waals surface area (Å²) in [4.78, 5) is 4.43. The van der Waals surface area contributed by atoms with Crippen molar-refractivity contribution in [3.8, 4) is 5.75 Å². The highest BCUT2D eigenvalue weighted by Gasteiger charge is 2.19. The first-order valence-electron chi connectivity index (χ1n) is 7.46. The molecule has 0 aliphatic rings. The van der Waals surface area contributed by atoms with Crippen molar-refractivity contribution in [1.82, 2.24) is 10.3 Å². The molecule has 112 valence electrons. The van der Waals surface area contributed by atoms with Crippen molar-refractivity contribution in [2.24, 2.45) is 0 Å². The number of nitrogens with zero attached hydrogens (tertiary/aromatic N) is 1. The highest BCUT2D eigenvalue weighted by atomic mass is 16.5. The smallest absolute Gasteiger partial charge is 0.124 e. The van der Waals surface area contributed by atoms with Gasteiger partial charge in [-0.3, -0.25) is 4.98 Å². The summed E-state index contributed by atoms with van der Waals surface area (Å²) < 4.78 is 5.56. The average Bonchev–Trinajstić information content (AvgIpc) is 2.49. The Labute approximate surface area is 127 Å². The molecule has 1 N–H and O–H groups in total. The van der Waals surface area contributed by atoms with E-state index < -0.39 is 0 Å². The van der Waals surface area contributed by atoms with Gasteiger partial charge < -0.3 is 10.1 Å². The number of aryl methyl sites for hydroxylation is 2. The summed E-state index contributed by atoms with van der Waals surface area (Å²) in [5.74, 6) is 0.914. The lowest BCUT2D eigenvalue weighted by atomic mass is 9.95. The summed E-state index contributed by atoms with van der Waals surface area (Å²) in [5.41, 5.74) is 4.65. The van der Waals surface area contributed by atoms with Crippen LogP contribution >= 0.6 is 0 Å². The van der Waals surface area contributed by atoms with Crippen LogP contribution in [0.5, 0.6) is 5.75 Å². The SMILES string of the molecule is CCCNC(c1cc(C)ccc1OC)c1cccnc1C. The standard InChI is InChI=1S/C18H24N2O/c1-5-10-20-18(15-7-6-11-19-14(15)3)16-12-13(2)8-9-17(16)21-4/h6-9,11-12,18,20H,5,10H2,1-4H3. The highest BCUT2D eigenvalue weighted by Crippen LogP contribution is 2.31. The Balaban J connectivity index is 2.50. The molecule has 0 radical (unpaired) electrons. The molecular weight excluding hydrogens is 260 g/mol. The van der Waals surface area contributed by atoms with Crippen LogP contribution in [0.3, 0.4) is 0 Å². The van der Waals surface area contributed by atoms with E-state index in [9.17, 15) is 0 Å². The first-order chi connectivity index (χ1) is 10.2. The number of nitrogens with one attached hydrogen (secondary N) is 1. The fourth-order valence-corrected chi connectivity index (χ4v) is 2.56. The van der Waals surface area contributed by atoms with Crippen LogP contribution in [0, 0.1) is 13.8 Å². The molecular formula is C18H24N2O. The number of pyridine rings is 1. The molecule has 1 atom stereocenters. The third-order valence-electron chi connectivity index (χ3n) is 3.65. The van der Waals surface area contributed by atoms with E-state index in [1.54, 1.807) is 7.11 Å². The maximum absolute atomic E-state index is 5.56. The van der Waals surface area contributed by atoms with Crippen LogP contribution in [0.1, 0.15) is 41.8 Å². The molecule has 0 amide bonds. The number of methoxy groups -OCH3 is 1. The van der Waals surface area contributed by atoms with Gasteiger partial charge in [0.1, 0.15) is 5.75 Å². The predicted molar refractivity (Wildman–Crippen MR) is 86.8 cm³/mol. The molecule has 1 aromatic heterocycles. The molecule has 2 rings (SSSR count). The maximum Gasteiger partial charge on any atom is 0.124 e. The van der Waals surface area contributed by atoms with E-state index in [0.29, 0.717) is 0 Å². The predicted octanol–water partition coefficient (Wildman–Crippen LogP) is 3.80. The zero-order chi connectivity index (χ0) is 15.2. The lowest BCUT2D eigenvalue weighted by Crippen LogP contribution is -2.24. The second-order valence-corrected chi connectivity index (χ2v) is 5.31. The van der Waals surface area contributed by atoms with E-state index in [-0.39, 0.29) is 6.04 Å². The van der Waals surface area contributed by atoms with Gasteiger partial charge in [-0.25, -0.2) is 0 Å². The minimum Gasteiger partial charge on any atom is -0.496 e. The minimum absolute atomic E-state index is 0.105. The van der Waals surface area contributed by atoms with Gasteiger partial charge >= 0.3 is 0 Å². The van der Waals surface area contributed by atoms with Gasteiger partial charge in [0, 0.05) is 17.5 Å². The van der Waals surface area contributed by atoms with Gasteiger partial charge in [0.25, 0.3) is 0 Å². The third-order valence-corrected chi connectivity index (χ3v) is 3.65. The second kappa shape index (κ2) is 7.23. The number of rotatable bonds is 6. The van der Waals surface area contributed by atoms with Gasteiger partial charge in [-0.2, -0.15) is 0 Å². The summed E-state index contributed by atoms with van der Waals surface area (Å²) in [7, 11) is 1.72. The maximum atomic E-state index is 5.56. The molecule has 21 heavy (non-hydrogen) atoms. The Morgan fingerprint density at radius 1 is 1.19 bits per heavy atom. The summed E-state index contributed by atoms with van der Waals surface area (Å²) in [5, 5.41) is 3.62. The minimum atomic E-state index is 0.105. The summed E-state index contributed by atoms with van der Waals surface area (Å²) in [6.07, 6.45) is 2.92. The third kappa shape index (κ3) is 3.61. The second-order valence-electron chi connectivity index (χ2n) is 5.31. The fourth-order valence-electron chi connectivity index (χ4n) is 2.56. The van der Waals surface area contributed by atoms with Crippen molar-refractivity contribution in [2.75, 3.05) is 13.7 Å². The van der Waals surface area contributed by atoms with Crippen molar-refractivity contribution in [2.45, 2.75) is 33.2 Å². The average molecular weight is 284 g/mol. The lowest BCUT2D eigenvalue weighted by Gasteiger charge is -2.23. The van der Waals surface area contributed by atoms with Crippen molar-refractivity contribution in [3.05, 3.63) is 58.9 Å². The fraction of sp³-hybridized carbons (Fsp3) is 0.389. The molecule has 0 bridgehead atoms. The van der Waals surface area contributed by atoms with Gasteiger partial charge in [0.05, 0.1) is 13.2 Å². The summed E-state index contributed by atoms with van der Waals surface area (Å²) in [6.45, 7) is 7.29. The number of ether oxygens (including phenoxy) is 1. The highest BCUT2D eigenvalue weighted by molar-refractivity contribution is 5.44. The van der Waals surface area contributed by atoms with Gasteiger partial charge in [-0.05, 0) is 44.5 Å². The first kappa shape index (κ1) is 15.5. The summed E-state index contributed by atoms with van der Waals surface area (Å²) >= 11 is 0. The molecule has 2 aromatic rings. The number of benzene rings is 1. The topological polar surface area (TPSA) is 34.1 Å².